The minimum absolute atomic E-state index is 0.0967. The van der Waals surface area contributed by atoms with Gasteiger partial charge in [-0.15, -0.1) is 4.99 Å². The summed E-state index contributed by atoms with van der Waals surface area (Å²) in [5.41, 5.74) is -1.34. The predicted molar refractivity (Wildman–Crippen MR) is 150 cm³/mol. The molecule has 1 saturated carbocycles. The van der Waals surface area contributed by atoms with E-state index >= 15 is 0 Å². The Morgan fingerprint density at radius 2 is 1.91 bits per heavy atom. The first-order valence-corrected chi connectivity index (χ1v) is 14.7. The molecule has 0 bridgehead atoms. The highest BCUT2D eigenvalue weighted by Crippen LogP contribution is 2.54. The number of aromatic amines is 1. The number of benzene rings is 1. The van der Waals surface area contributed by atoms with Crippen LogP contribution in [0.5, 0.6) is 0 Å². The number of aliphatic imine (C=N–C) groups is 1. The van der Waals surface area contributed by atoms with Gasteiger partial charge in [-0.1, -0.05) is 42.1 Å². The third-order valence-corrected chi connectivity index (χ3v) is 8.09. The third-order valence-electron chi connectivity index (χ3n) is 7.45. The summed E-state index contributed by atoms with van der Waals surface area (Å²) in [5, 5.41) is 13.4. The van der Waals surface area contributed by atoms with E-state index in [4.69, 9.17) is 9.47 Å². The van der Waals surface area contributed by atoms with Gasteiger partial charge < -0.3 is 19.8 Å². The van der Waals surface area contributed by atoms with Crippen molar-refractivity contribution in [2.24, 2.45) is 16.8 Å². The minimum Gasteiger partial charge on any atom is -0.464 e. The molecule has 12 nitrogen and oxygen atoms in total. The fraction of sp³-hybridized carbons (Fsp3) is 0.429. The fourth-order valence-electron chi connectivity index (χ4n) is 5.67. The van der Waals surface area contributed by atoms with E-state index in [2.05, 4.69) is 15.3 Å². The monoisotopic (exact) mass is 634 g/mol. The van der Waals surface area contributed by atoms with Crippen molar-refractivity contribution in [3.8, 4) is 6.07 Å². The molecule has 0 unspecified atom stereocenters. The van der Waals surface area contributed by atoms with Crippen molar-refractivity contribution in [1.82, 2.24) is 20.3 Å². The van der Waals surface area contributed by atoms with Crippen LogP contribution in [0.15, 0.2) is 53.7 Å². The van der Waals surface area contributed by atoms with Crippen LogP contribution in [-0.4, -0.2) is 81.2 Å². The molecule has 1 aliphatic carbocycles. The Kier molecular flexibility index (Phi) is 9.88. The SMILES string of the molecule is CCOC(=O)[C@@H]1[C@H]2[C@H](CNC(=O)c3ccc[nH]3)CC[C@@]2(C#N)N(C(=O)C(F)(F)F)N1/C(=N/C(=O)OCc1ccccc1)SC. The van der Waals surface area contributed by atoms with Crippen LogP contribution < -0.4 is 5.32 Å². The molecule has 234 valence electrons. The molecule has 2 heterocycles. The number of carbonyl (C=O) groups excluding carboxylic acids is 4. The fourth-order valence-corrected chi connectivity index (χ4v) is 6.22. The summed E-state index contributed by atoms with van der Waals surface area (Å²) in [7, 11) is 0. The van der Waals surface area contributed by atoms with Gasteiger partial charge in [0, 0.05) is 18.7 Å². The van der Waals surface area contributed by atoms with Crippen LogP contribution in [0.25, 0.3) is 0 Å². The number of hydrogen-bond acceptors (Lipinski definition) is 8. The van der Waals surface area contributed by atoms with Gasteiger partial charge in [0.05, 0.1) is 12.7 Å². The highest BCUT2D eigenvalue weighted by molar-refractivity contribution is 8.13. The molecule has 16 heteroatoms. The second-order valence-corrected chi connectivity index (χ2v) is 10.7. The Balaban J connectivity index is 1.76. The number of aromatic nitrogens is 1. The maximum atomic E-state index is 14.1. The Bertz CT molecular complexity index is 1450. The zero-order valence-corrected chi connectivity index (χ0v) is 24.5. The van der Waals surface area contributed by atoms with Crippen molar-refractivity contribution >= 4 is 40.8 Å². The number of amidine groups is 1. The zero-order chi connectivity index (χ0) is 32.1. The van der Waals surface area contributed by atoms with Gasteiger partial charge in [0.1, 0.15) is 12.3 Å². The summed E-state index contributed by atoms with van der Waals surface area (Å²) < 4.78 is 52.7. The van der Waals surface area contributed by atoms with Crippen molar-refractivity contribution in [3.63, 3.8) is 0 Å². The first-order valence-electron chi connectivity index (χ1n) is 13.5. The van der Waals surface area contributed by atoms with Gasteiger partial charge in [0.2, 0.25) is 0 Å². The highest BCUT2D eigenvalue weighted by Gasteiger charge is 2.71. The number of fused-ring (bicyclic) bond motifs is 1. The normalized spacial score (nSPS) is 23.1. The van der Waals surface area contributed by atoms with E-state index in [9.17, 15) is 37.6 Å². The number of carbonyl (C=O) groups is 4. The molecule has 2 aromatic rings. The molecule has 1 aromatic heterocycles. The van der Waals surface area contributed by atoms with Gasteiger partial charge in [-0.2, -0.15) is 18.4 Å². The summed E-state index contributed by atoms with van der Waals surface area (Å²) in [5.74, 6) is -5.98. The van der Waals surface area contributed by atoms with E-state index in [0.29, 0.717) is 22.3 Å². The van der Waals surface area contributed by atoms with Crippen molar-refractivity contribution in [3.05, 3.63) is 59.9 Å². The third kappa shape index (κ3) is 6.37. The molecule has 1 saturated heterocycles. The maximum Gasteiger partial charge on any atom is 0.473 e. The molecule has 2 fully saturated rings. The lowest BCUT2D eigenvalue weighted by Crippen LogP contribution is -2.59. The number of thioether (sulfide) groups is 1. The molecule has 0 radical (unpaired) electrons. The summed E-state index contributed by atoms with van der Waals surface area (Å²) >= 11 is 0.677. The number of rotatable bonds is 7. The predicted octanol–water partition coefficient (Wildman–Crippen LogP) is 3.64. The van der Waals surface area contributed by atoms with Crippen LogP contribution in [0.4, 0.5) is 18.0 Å². The molecule has 4 atom stereocenters. The zero-order valence-electron chi connectivity index (χ0n) is 23.7. The second kappa shape index (κ2) is 13.4. The second-order valence-electron chi connectivity index (χ2n) is 9.95. The number of nitriles is 1. The summed E-state index contributed by atoms with van der Waals surface area (Å²) in [6.45, 7) is 0.988. The van der Waals surface area contributed by atoms with Crippen LogP contribution in [-0.2, 0) is 25.7 Å². The lowest BCUT2D eigenvalue weighted by Gasteiger charge is -2.38. The quantitative estimate of drug-likeness (QED) is 0.264. The Hall–Kier alpha value is -4.52. The standard InChI is InChI=1S/C28H29F3N6O6S/c1-3-42-23(39)21-20-18(14-34-22(38)19-10-7-13-33-19)11-12-27(20,16-32)37(24(40)28(29,30)31)36(21)25(44-2)35-26(41)43-15-17-8-5-4-6-9-17/h4-10,13,18,20-21,33H,3,11-12,14-15H2,1-2H3,(H,34,38)/b35-25-/t18-,20+,21-,27-/m0/s1. The minimum atomic E-state index is -5.46. The van der Waals surface area contributed by atoms with Crippen LogP contribution in [0, 0.1) is 23.2 Å². The number of hydrazine groups is 1. The largest absolute Gasteiger partial charge is 0.473 e. The van der Waals surface area contributed by atoms with E-state index in [1.165, 1.54) is 25.4 Å². The Labute approximate surface area is 254 Å². The van der Waals surface area contributed by atoms with Gasteiger partial charge in [-0.25, -0.2) is 19.6 Å². The summed E-state index contributed by atoms with van der Waals surface area (Å²) in [6.07, 6.45) is -3.91. The van der Waals surface area contributed by atoms with E-state index in [0.717, 1.165) is 0 Å². The van der Waals surface area contributed by atoms with Crippen molar-refractivity contribution in [1.29, 1.82) is 5.26 Å². The molecule has 2 N–H and O–H groups in total. The number of hydrogen-bond donors (Lipinski definition) is 2. The van der Waals surface area contributed by atoms with Crippen molar-refractivity contribution in [2.45, 2.75) is 44.1 Å². The number of nitrogens with zero attached hydrogens (tertiary/aromatic N) is 4. The van der Waals surface area contributed by atoms with E-state index < -0.39 is 58.6 Å². The Morgan fingerprint density at radius 1 is 1.18 bits per heavy atom. The molecular weight excluding hydrogens is 605 g/mol. The molecule has 1 aromatic carbocycles. The number of alkyl halides is 3. The molecule has 1 aliphatic heterocycles. The van der Waals surface area contributed by atoms with E-state index in [1.807, 2.05) is 6.07 Å². The molecule has 2 aliphatic rings. The number of H-pyrrole nitrogens is 1. The molecular formula is C28H29F3N6O6S. The summed E-state index contributed by atoms with van der Waals surface area (Å²) in [6, 6.07) is 11.9. The van der Waals surface area contributed by atoms with Gasteiger partial charge in [-0.05, 0) is 49.6 Å². The number of esters is 1. The van der Waals surface area contributed by atoms with Gasteiger partial charge in [-0.3, -0.25) is 9.59 Å². The highest BCUT2D eigenvalue weighted by atomic mass is 32.2. The number of ether oxygens (including phenoxy) is 2. The Morgan fingerprint density at radius 3 is 2.50 bits per heavy atom. The molecule has 0 spiro atoms. The summed E-state index contributed by atoms with van der Waals surface area (Å²) in [4.78, 5) is 58.5. The van der Waals surface area contributed by atoms with Crippen LogP contribution in [0.3, 0.4) is 0 Å². The van der Waals surface area contributed by atoms with Crippen LogP contribution in [0.1, 0.15) is 35.8 Å². The molecule has 44 heavy (non-hydrogen) atoms. The first-order chi connectivity index (χ1) is 21.0. The number of nitrogens with one attached hydrogen (secondary N) is 2. The molecule has 4 rings (SSSR count). The van der Waals surface area contributed by atoms with Gasteiger partial charge >= 0.3 is 24.1 Å². The van der Waals surface area contributed by atoms with Crippen LogP contribution >= 0.6 is 11.8 Å². The van der Waals surface area contributed by atoms with E-state index in [-0.39, 0.29) is 43.3 Å². The maximum absolute atomic E-state index is 14.1. The topological polar surface area (TPSA) is 157 Å². The van der Waals surface area contributed by atoms with Gasteiger partial charge in [0.15, 0.2) is 16.7 Å². The average Bonchev–Trinajstić information content (AvgIpc) is 3.73. The first kappa shape index (κ1) is 32.4. The van der Waals surface area contributed by atoms with Gasteiger partial charge in [0.25, 0.3) is 5.91 Å². The average molecular weight is 635 g/mol. The number of halogens is 3. The van der Waals surface area contributed by atoms with Crippen molar-refractivity contribution in [2.75, 3.05) is 19.4 Å². The smallest absolute Gasteiger partial charge is 0.464 e. The van der Waals surface area contributed by atoms with Crippen LogP contribution in [0.2, 0.25) is 0 Å². The molecule has 3 amide bonds. The lowest BCUT2D eigenvalue weighted by molar-refractivity contribution is -0.200. The van der Waals surface area contributed by atoms with E-state index in [1.54, 1.807) is 36.4 Å². The lowest BCUT2D eigenvalue weighted by atomic mass is 9.80. The number of amides is 3. The van der Waals surface area contributed by atoms with Crippen molar-refractivity contribution < 1.29 is 41.8 Å².